The minimum Gasteiger partial charge on any atom is -0.330 e. The van der Waals surface area contributed by atoms with E-state index >= 15 is 0 Å². The zero-order valence-electron chi connectivity index (χ0n) is 8.19. The Hall–Kier alpha value is -0.690. The molecule has 2 rings (SSSR count). The fourth-order valence-electron chi connectivity index (χ4n) is 1.75. The first kappa shape index (κ1) is 10.8. The van der Waals surface area contributed by atoms with Gasteiger partial charge in [-0.2, -0.15) is 0 Å². The van der Waals surface area contributed by atoms with E-state index in [4.69, 9.17) is 5.73 Å². The lowest BCUT2D eigenvalue weighted by molar-refractivity contribution is -0.117. The molecule has 0 aromatic carbocycles. The number of anilines is 1. The second-order valence-electron chi connectivity index (χ2n) is 3.62. The Balaban J connectivity index is 2.25. The van der Waals surface area contributed by atoms with Crippen molar-refractivity contribution in [2.45, 2.75) is 6.42 Å². The molecule has 1 amide bonds. The average molecular weight is 317 g/mol. The quantitative estimate of drug-likeness (QED) is 0.654. The van der Waals surface area contributed by atoms with Crippen molar-refractivity contribution in [3.05, 3.63) is 22.0 Å². The second kappa shape index (κ2) is 4.44. The van der Waals surface area contributed by atoms with Gasteiger partial charge in [0.05, 0.1) is 5.69 Å². The van der Waals surface area contributed by atoms with Gasteiger partial charge in [-0.05, 0) is 47.2 Å². The first-order chi connectivity index (χ1) is 7.22. The third kappa shape index (κ3) is 2.12. The molecular formula is C10H12IN3O. The SMILES string of the molecule is NCC1CC(=O)N(c2cccnc2I)C1. The molecule has 1 atom stereocenters. The van der Waals surface area contributed by atoms with Gasteiger partial charge in [0.1, 0.15) is 3.70 Å². The number of aromatic nitrogens is 1. The van der Waals surface area contributed by atoms with Gasteiger partial charge in [-0.15, -0.1) is 0 Å². The van der Waals surface area contributed by atoms with Gasteiger partial charge in [-0.3, -0.25) is 4.79 Å². The Bertz CT molecular complexity index is 383. The van der Waals surface area contributed by atoms with E-state index in [1.54, 1.807) is 11.1 Å². The summed E-state index contributed by atoms with van der Waals surface area (Å²) in [6.45, 7) is 1.29. The van der Waals surface area contributed by atoms with Gasteiger partial charge in [-0.1, -0.05) is 0 Å². The summed E-state index contributed by atoms with van der Waals surface area (Å²) in [6, 6.07) is 3.77. The summed E-state index contributed by atoms with van der Waals surface area (Å²) < 4.78 is 0.862. The number of amides is 1. The van der Waals surface area contributed by atoms with Crippen molar-refractivity contribution in [2.75, 3.05) is 18.0 Å². The van der Waals surface area contributed by atoms with Gasteiger partial charge in [-0.25, -0.2) is 4.98 Å². The normalized spacial score (nSPS) is 21.1. The van der Waals surface area contributed by atoms with Crippen LogP contribution in [0, 0.1) is 9.62 Å². The van der Waals surface area contributed by atoms with Crippen molar-refractivity contribution < 1.29 is 4.79 Å². The van der Waals surface area contributed by atoms with Crippen molar-refractivity contribution in [3.8, 4) is 0 Å². The largest absolute Gasteiger partial charge is 0.330 e. The molecule has 0 radical (unpaired) electrons. The van der Waals surface area contributed by atoms with E-state index in [1.807, 2.05) is 12.1 Å². The molecule has 0 spiro atoms. The molecule has 0 aliphatic carbocycles. The molecule has 1 aliphatic heterocycles. The van der Waals surface area contributed by atoms with Gasteiger partial charge in [0.2, 0.25) is 5.91 Å². The molecule has 5 heteroatoms. The fourth-order valence-corrected chi connectivity index (χ4v) is 2.38. The maximum absolute atomic E-state index is 11.7. The molecule has 15 heavy (non-hydrogen) atoms. The molecular weight excluding hydrogens is 305 g/mol. The van der Waals surface area contributed by atoms with E-state index < -0.39 is 0 Å². The highest BCUT2D eigenvalue weighted by molar-refractivity contribution is 14.1. The maximum Gasteiger partial charge on any atom is 0.227 e. The number of nitrogens with two attached hydrogens (primary N) is 1. The Labute approximate surface area is 102 Å². The first-order valence-electron chi connectivity index (χ1n) is 4.83. The van der Waals surface area contributed by atoms with Crippen LogP contribution in [-0.2, 0) is 4.79 Å². The topological polar surface area (TPSA) is 59.2 Å². The maximum atomic E-state index is 11.7. The molecule has 0 saturated carbocycles. The summed E-state index contributed by atoms with van der Waals surface area (Å²) in [6.07, 6.45) is 2.29. The van der Waals surface area contributed by atoms with Gasteiger partial charge in [0.25, 0.3) is 0 Å². The number of hydrogen-bond donors (Lipinski definition) is 1. The molecule has 0 bridgehead atoms. The number of rotatable bonds is 2. The van der Waals surface area contributed by atoms with E-state index in [0.29, 0.717) is 13.0 Å². The summed E-state index contributed by atoms with van der Waals surface area (Å²) in [4.78, 5) is 17.7. The van der Waals surface area contributed by atoms with Crippen molar-refractivity contribution in [3.63, 3.8) is 0 Å². The van der Waals surface area contributed by atoms with Gasteiger partial charge < -0.3 is 10.6 Å². The third-order valence-corrected chi connectivity index (χ3v) is 3.40. The zero-order chi connectivity index (χ0) is 10.8. The van der Waals surface area contributed by atoms with E-state index in [-0.39, 0.29) is 11.8 Å². The molecule has 1 saturated heterocycles. The van der Waals surface area contributed by atoms with Crippen LogP contribution in [0.4, 0.5) is 5.69 Å². The van der Waals surface area contributed by atoms with Crippen LogP contribution in [0.3, 0.4) is 0 Å². The highest BCUT2D eigenvalue weighted by Crippen LogP contribution is 2.27. The van der Waals surface area contributed by atoms with Crippen LogP contribution < -0.4 is 10.6 Å². The molecule has 1 aromatic heterocycles. The standard InChI is InChI=1S/C10H12IN3O/c11-10-8(2-1-3-13-10)14-6-7(5-12)4-9(14)15/h1-3,7H,4-6,12H2. The van der Waals surface area contributed by atoms with E-state index in [1.165, 1.54) is 0 Å². The molecule has 1 aliphatic rings. The van der Waals surface area contributed by atoms with E-state index in [2.05, 4.69) is 27.6 Å². The van der Waals surface area contributed by atoms with Crippen LogP contribution >= 0.6 is 22.6 Å². The lowest BCUT2D eigenvalue weighted by Crippen LogP contribution is -2.26. The number of hydrogen-bond acceptors (Lipinski definition) is 3. The van der Waals surface area contributed by atoms with Crippen molar-refractivity contribution in [1.29, 1.82) is 0 Å². The third-order valence-electron chi connectivity index (χ3n) is 2.57. The number of nitrogens with zero attached hydrogens (tertiary/aromatic N) is 2. The average Bonchev–Trinajstić information content (AvgIpc) is 2.60. The number of carbonyl (C=O) groups excluding carboxylic acids is 1. The lowest BCUT2D eigenvalue weighted by Gasteiger charge is -2.17. The lowest BCUT2D eigenvalue weighted by atomic mass is 10.1. The summed E-state index contributed by atoms with van der Waals surface area (Å²) in [7, 11) is 0. The predicted molar refractivity (Wildman–Crippen MR) is 66.5 cm³/mol. The number of halogens is 1. The van der Waals surface area contributed by atoms with Crippen molar-refractivity contribution in [1.82, 2.24) is 4.98 Å². The van der Waals surface area contributed by atoms with Crippen molar-refractivity contribution in [2.24, 2.45) is 11.7 Å². The van der Waals surface area contributed by atoms with Crippen LogP contribution in [0.25, 0.3) is 0 Å². The highest BCUT2D eigenvalue weighted by Gasteiger charge is 2.30. The molecule has 2 N–H and O–H groups in total. The minimum absolute atomic E-state index is 0.149. The molecule has 80 valence electrons. The summed E-state index contributed by atoms with van der Waals surface area (Å²) in [5, 5.41) is 0. The Morgan fingerprint density at radius 1 is 1.67 bits per heavy atom. The van der Waals surface area contributed by atoms with Crippen LogP contribution in [0.5, 0.6) is 0 Å². The monoisotopic (exact) mass is 317 g/mol. The second-order valence-corrected chi connectivity index (χ2v) is 4.65. The molecule has 4 nitrogen and oxygen atoms in total. The number of pyridine rings is 1. The number of carbonyl (C=O) groups is 1. The van der Waals surface area contributed by atoms with Gasteiger partial charge in [0.15, 0.2) is 0 Å². The van der Waals surface area contributed by atoms with Crippen LogP contribution in [0.15, 0.2) is 18.3 Å². The Morgan fingerprint density at radius 3 is 3.07 bits per heavy atom. The van der Waals surface area contributed by atoms with Crippen LogP contribution in [0.2, 0.25) is 0 Å². The zero-order valence-corrected chi connectivity index (χ0v) is 10.3. The smallest absolute Gasteiger partial charge is 0.227 e. The van der Waals surface area contributed by atoms with E-state index in [9.17, 15) is 4.79 Å². The Morgan fingerprint density at radius 2 is 2.47 bits per heavy atom. The summed E-state index contributed by atoms with van der Waals surface area (Å²) in [5.41, 5.74) is 6.48. The van der Waals surface area contributed by atoms with Gasteiger partial charge in [0, 0.05) is 19.2 Å². The fraction of sp³-hybridized carbons (Fsp3) is 0.400. The van der Waals surface area contributed by atoms with Crippen LogP contribution in [-0.4, -0.2) is 24.0 Å². The highest BCUT2D eigenvalue weighted by atomic mass is 127. The van der Waals surface area contributed by atoms with Crippen molar-refractivity contribution >= 4 is 34.2 Å². The first-order valence-corrected chi connectivity index (χ1v) is 5.91. The molecule has 2 heterocycles. The van der Waals surface area contributed by atoms with Gasteiger partial charge >= 0.3 is 0 Å². The van der Waals surface area contributed by atoms with Crippen LogP contribution in [0.1, 0.15) is 6.42 Å². The summed E-state index contributed by atoms with van der Waals surface area (Å²) in [5.74, 6) is 0.435. The Kier molecular flexibility index (Phi) is 3.20. The molecule has 1 unspecified atom stereocenters. The van der Waals surface area contributed by atoms with E-state index in [0.717, 1.165) is 15.9 Å². The minimum atomic E-state index is 0.149. The molecule has 1 aromatic rings. The summed E-state index contributed by atoms with van der Waals surface area (Å²) >= 11 is 2.14. The predicted octanol–water partition coefficient (Wildman–Crippen LogP) is 0.998. The molecule has 1 fully saturated rings.